The first kappa shape index (κ1) is 9.98. The summed E-state index contributed by atoms with van der Waals surface area (Å²) in [7, 11) is 1.45. The van der Waals surface area contributed by atoms with Crippen molar-refractivity contribution in [1.29, 1.82) is 0 Å². The van der Waals surface area contributed by atoms with Crippen LogP contribution in [0.15, 0.2) is 28.7 Å². The fourth-order valence-corrected chi connectivity index (χ4v) is 1.18. The maximum atomic E-state index is 10.3. The predicted octanol–water partition coefficient (Wildman–Crippen LogP) is 2.07. The van der Waals surface area contributed by atoms with E-state index in [1.54, 1.807) is 0 Å². The van der Waals surface area contributed by atoms with Gasteiger partial charge in [-0.05, 0) is 17.7 Å². The van der Waals surface area contributed by atoms with E-state index in [-0.39, 0.29) is 0 Å². The Hall–Kier alpha value is -1.10. The van der Waals surface area contributed by atoms with Crippen molar-refractivity contribution < 1.29 is 5.03 Å². The summed E-state index contributed by atoms with van der Waals surface area (Å²) in [6.45, 7) is 0.320. The number of hydrogen-bond donors (Lipinski definition) is 0. The van der Waals surface area contributed by atoms with E-state index < -0.39 is 5.03 Å². The third-order valence-corrected chi connectivity index (χ3v) is 2.13. The minimum atomic E-state index is -0.429. The number of nitrogens with zero attached hydrogens (tertiary/aromatic N) is 2. The molecule has 0 atom stereocenters. The van der Waals surface area contributed by atoms with Crippen LogP contribution in [0, 0.1) is 10.1 Å². The summed E-state index contributed by atoms with van der Waals surface area (Å²) >= 11 is 3.29. The SMILES string of the molecule is CN(Cc1ccc(Br)cc1)[N+](=O)[O-]. The van der Waals surface area contributed by atoms with Gasteiger partial charge in [-0.3, -0.25) is 0 Å². The molecule has 4 nitrogen and oxygen atoms in total. The summed E-state index contributed by atoms with van der Waals surface area (Å²) in [4.78, 5) is 10.3. The molecule has 1 aromatic carbocycles. The standard InChI is InChI=1S/C8H9BrN2O2/c1-10(11(12)13)6-7-2-4-8(9)5-3-7/h2-5H,6H2,1H3. The second-order valence-corrected chi connectivity index (χ2v) is 3.60. The molecule has 0 spiro atoms. The average Bonchev–Trinajstić information content (AvgIpc) is 2.08. The molecule has 0 radical (unpaired) electrons. The molecule has 0 aliphatic carbocycles. The fourth-order valence-electron chi connectivity index (χ4n) is 0.912. The van der Waals surface area contributed by atoms with Crippen LogP contribution in [0.5, 0.6) is 0 Å². The van der Waals surface area contributed by atoms with E-state index in [0.29, 0.717) is 6.54 Å². The number of nitro groups is 1. The number of hydrazine groups is 1. The smallest absolute Gasteiger partial charge is 0.160 e. The first-order valence-electron chi connectivity index (χ1n) is 3.69. The van der Waals surface area contributed by atoms with E-state index in [9.17, 15) is 10.1 Å². The highest BCUT2D eigenvalue weighted by molar-refractivity contribution is 9.10. The molecule has 5 heteroatoms. The molecule has 0 amide bonds. The molecule has 0 aliphatic rings. The van der Waals surface area contributed by atoms with Crippen LogP contribution in [-0.2, 0) is 6.54 Å². The van der Waals surface area contributed by atoms with Crippen molar-refractivity contribution in [2.45, 2.75) is 6.54 Å². The van der Waals surface area contributed by atoms with E-state index in [4.69, 9.17) is 0 Å². The van der Waals surface area contributed by atoms with Crippen molar-refractivity contribution in [3.05, 3.63) is 44.4 Å². The molecule has 0 bridgehead atoms. The summed E-state index contributed by atoms with van der Waals surface area (Å²) in [6, 6.07) is 7.43. The third-order valence-electron chi connectivity index (χ3n) is 1.60. The lowest BCUT2D eigenvalue weighted by molar-refractivity contribution is -0.652. The zero-order valence-corrected chi connectivity index (χ0v) is 8.69. The Morgan fingerprint density at radius 1 is 1.46 bits per heavy atom. The number of rotatable bonds is 3. The fraction of sp³-hybridized carbons (Fsp3) is 0.250. The average molecular weight is 245 g/mol. The quantitative estimate of drug-likeness (QED) is 0.604. The van der Waals surface area contributed by atoms with Gasteiger partial charge >= 0.3 is 0 Å². The number of benzene rings is 1. The Morgan fingerprint density at radius 2 is 2.00 bits per heavy atom. The zero-order chi connectivity index (χ0) is 9.84. The Balaban J connectivity index is 2.64. The highest BCUT2D eigenvalue weighted by Gasteiger charge is 2.06. The molecule has 70 valence electrons. The van der Waals surface area contributed by atoms with Crippen molar-refractivity contribution in [1.82, 2.24) is 5.01 Å². The van der Waals surface area contributed by atoms with Gasteiger partial charge in [-0.2, -0.15) is 0 Å². The second-order valence-electron chi connectivity index (χ2n) is 2.68. The van der Waals surface area contributed by atoms with E-state index in [0.717, 1.165) is 15.0 Å². The first-order chi connectivity index (χ1) is 6.09. The van der Waals surface area contributed by atoms with Gasteiger partial charge < -0.3 is 0 Å². The first-order valence-corrected chi connectivity index (χ1v) is 4.49. The van der Waals surface area contributed by atoms with E-state index in [1.165, 1.54) is 7.05 Å². The van der Waals surface area contributed by atoms with Gasteiger partial charge in [-0.1, -0.05) is 28.1 Å². The van der Waals surface area contributed by atoms with Gasteiger partial charge in [0.15, 0.2) is 5.03 Å². The Bertz CT molecular complexity index is 300. The van der Waals surface area contributed by atoms with Gasteiger partial charge in [-0.15, -0.1) is 5.01 Å². The highest BCUT2D eigenvalue weighted by Crippen LogP contribution is 2.11. The van der Waals surface area contributed by atoms with Crippen LogP contribution in [0.2, 0.25) is 0 Å². The molecule has 0 N–H and O–H groups in total. The van der Waals surface area contributed by atoms with Gasteiger partial charge in [0, 0.05) is 4.47 Å². The largest absolute Gasteiger partial charge is 0.235 e. The van der Waals surface area contributed by atoms with Crippen LogP contribution >= 0.6 is 15.9 Å². The molecule has 0 unspecified atom stereocenters. The van der Waals surface area contributed by atoms with Crippen molar-refractivity contribution >= 4 is 15.9 Å². The minimum absolute atomic E-state index is 0.320. The Kier molecular flexibility index (Phi) is 3.25. The van der Waals surface area contributed by atoms with Crippen molar-refractivity contribution in [3.8, 4) is 0 Å². The highest BCUT2D eigenvalue weighted by atomic mass is 79.9. The van der Waals surface area contributed by atoms with Gasteiger partial charge in [0.2, 0.25) is 0 Å². The van der Waals surface area contributed by atoms with Crippen LogP contribution in [0.3, 0.4) is 0 Å². The van der Waals surface area contributed by atoms with Crippen LogP contribution in [0.25, 0.3) is 0 Å². The Morgan fingerprint density at radius 3 is 2.46 bits per heavy atom. The molecule has 0 aromatic heterocycles. The topological polar surface area (TPSA) is 46.4 Å². The summed E-state index contributed by atoms with van der Waals surface area (Å²) in [5.74, 6) is 0. The molecule has 0 saturated carbocycles. The molecule has 1 aromatic rings. The maximum Gasteiger partial charge on any atom is 0.160 e. The molecule has 1 rings (SSSR count). The van der Waals surface area contributed by atoms with Gasteiger partial charge in [0.25, 0.3) is 0 Å². The monoisotopic (exact) mass is 244 g/mol. The maximum absolute atomic E-state index is 10.3. The lowest BCUT2D eigenvalue weighted by Crippen LogP contribution is -2.24. The molecular weight excluding hydrogens is 236 g/mol. The number of halogens is 1. The molecule has 0 heterocycles. The van der Waals surface area contributed by atoms with Gasteiger partial charge in [0.1, 0.15) is 6.54 Å². The van der Waals surface area contributed by atoms with Crippen molar-refractivity contribution in [2.24, 2.45) is 0 Å². The van der Waals surface area contributed by atoms with E-state index >= 15 is 0 Å². The molecule has 0 aliphatic heterocycles. The third kappa shape index (κ3) is 3.02. The normalized spacial score (nSPS) is 9.69. The summed E-state index contributed by atoms with van der Waals surface area (Å²) < 4.78 is 0.972. The minimum Gasteiger partial charge on any atom is -0.235 e. The molecule has 0 saturated heterocycles. The van der Waals surface area contributed by atoms with Crippen LogP contribution in [0.1, 0.15) is 5.56 Å². The van der Waals surface area contributed by atoms with Gasteiger partial charge in [0.05, 0.1) is 7.05 Å². The Labute approximate surface area is 84.4 Å². The lowest BCUT2D eigenvalue weighted by atomic mass is 10.2. The molecule has 0 fully saturated rings. The summed E-state index contributed by atoms with van der Waals surface area (Å²) in [5.41, 5.74) is 0.919. The number of hydrogen-bond acceptors (Lipinski definition) is 2. The van der Waals surface area contributed by atoms with Crippen LogP contribution < -0.4 is 0 Å². The van der Waals surface area contributed by atoms with E-state index in [1.807, 2.05) is 24.3 Å². The van der Waals surface area contributed by atoms with Crippen LogP contribution in [0.4, 0.5) is 0 Å². The molecular formula is C8H9BrN2O2. The zero-order valence-electron chi connectivity index (χ0n) is 7.11. The summed E-state index contributed by atoms with van der Waals surface area (Å²) in [5, 5.41) is 10.9. The van der Waals surface area contributed by atoms with E-state index in [2.05, 4.69) is 15.9 Å². The van der Waals surface area contributed by atoms with Crippen molar-refractivity contribution in [3.63, 3.8) is 0 Å². The predicted molar refractivity (Wildman–Crippen MR) is 52.6 cm³/mol. The molecule has 13 heavy (non-hydrogen) atoms. The van der Waals surface area contributed by atoms with Crippen LogP contribution in [-0.4, -0.2) is 17.1 Å². The summed E-state index contributed by atoms with van der Waals surface area (Å²) in [6.07, 6.45) is 0. The lowest BCUT2D eigenvalue weighted by Gasteiger charge is -2.07. The van der Waals surface area contributed by atoms with Gasteiger partial charge in [-0.25, -0.2) is 10.1 Å². The second kappa shape index (κ2) is 4.23. The van der Waals surface area contributed by atoms with Crippen molar-refractivity contribution in [2.75, 3.05) is 7.05 Å².